The van der Waals surface area contributed by atoms with Crippen LogP contribution in [0.3, 0.4) is 0 Å². The largest absolute Gasteiger partial charge is 0.484 e. The van der Waals surface area contributed by atoms with Crippen molar-refractivity contribution in [2.75, 3.05) is 11.9 Å². The van der Waals surface area contributed by atoms with Crippen LogP contribution in [-0.4, -0.2) is 24.5 Å². The number of hydrogen-bond donors (Lipinski definition) is 2. The molecule has 2 aromatic rings. The van der Waals surface area contributed by atoms with E-state index in [4.69, 9.17) is 4.74 Å². The van der Waals surface area contributed by atoms with Crippen LogP contribution in [0.1, 0.15) is 13.8 Å². The van der Waals surface area contributed by atoms with Crippen LogP contribution in [0.4, 0.5) is 5.69 Å². The molecule has 0 radical (unpaired) electrons. The summed E-state index contributed by atoms with van der Waals surface area (Å²) >= 11 is 3.36. The molecule has 0 spiro atoms. The highest BCUT2D eigenvalue weighted by Crippen LogP contribution is 2.16. The SMILES string of the molecule is CC(C)[C@@H](NC(=O)COc1ccccc1)C(=O)Nc1cccc(Br)c1. The number of hydrogen-bond acceptors (Lipinski definition) is 3. The molecule has 2 rings (SSSR count). The van der Waals surface area contributed by atoms with E-state index in [2.05, 4.69) is 26.6 Å². The Kier molecular flexibility index (Phi) is 7.01. The van der Waals surface area contributed by atoms with Crippen LogP contribution in [-0.2, 0) is 9.59 Å². The van der Waals surface area contributed by atoms with Gasteiger partial charge >= 0.3 is 0 Å². The second-order valence-corrected chi connectivity index (χ2v) is 6.81. The molecule has 0 aliphatic heterocycles. The summed E-state index contributed by atoms with van der Waals surface area (Å²) < 4.78 is 6.28. The molecular weight excluding hydrogens is 384 g/mol. The molecule has 0 fully saturated rings. The van der Waals surface area contributed by atoms with E-state index in [1.165, 1.54) is 0 Å². The molecule has 6 heteroatoms. The average molecular weight is 405 g/mol. The molecular formula is C19H21BrN2O3. The summed E-state index contributed by atoms with van der Waals surface area (Å²) in [5, 5.41) is 5.55. The van der Waals surface area contributed by atoms with E-state index < -0.39 is 6.04 Å². The molecule has 0 aliphatic carbocycles. The molecule has 0 saturated carbocycles. The van der Waals surface area contributed by atoms with Crippen molar-refractivity contribution < 1.29 is 14.3 Å². The normalized spacial score (nSPS) is 11.7. The fourth-order valence-electron chi connectivity index (χ4n) is 2.20. The smallest absolute Gasteiger partial charge is 0.258 e. The first kappa shape index (κ1) is 19.0. The van der Waals surface area contributed by atoms with Gasteiger partial charge in [0.05, 0.1) is 0 Å². The summed E-state index contributed by atoms with van der Waals surface area (Å²) in [4.78, 5) is 24.6. The zero-order valence-corrected chi connectivity index (χ0v) is 15.7. The third kappa shape index (κ3) is 6.23. The monoisotopic (exact) mass is 404 g/mol. The minimum atomic E-state index is -0.647. The molecule has 0 bridgehead atoms. The van der Waals surface area contributed by atoms with Gasteiger partial charge in [0.2, 0.25) is 5.91 Å². The predicted molar refractivity (Wildman–Crippen MR) is 101 cm³/mol. The summed E-state index contributed by atoms with van der Waals surface area (Å²) in [5.74, 6) is -0.0572. The van der Waals surface area contributed by atoms with Crippen LogP contribution in [0, 0.1) is 5.92 Å². The standard InChI is InChI=1S/C19H21BrN2O3/c1-13(2)18(19(24)21-15-8-6-7-14(20)11-15)22-17(23)12-25-16-9-4-3-5-10-16/h3-11,13,18H,12H2,1-2H3,(H,21,24)(H,22,23)/t18-/m1/s1. The fourth-order valence-corrected chi connectivity index (χ4v) is 2.60. The molecule has 1 atom stereocenters. The maximum Gasteiger partial charge on any atom is 0.258 e. The number of para-hydroxylation sites is 1. The Bertz CT molecular complexity index is 720. The van der Waals surface area contributed by atoms with E-state index in [0.717, 1.165) is 4.47 Å². The number of anilines is 1. The Labute approximate surface area is 155 Å². The zero-order chi connectivity index (χ0) is 18.2. The Morgan fingerprint density at radius 3 is 2.44 bits per heavy atom. The lowest BCUT2D eigenvalue weighted by atomic mass is 10.0. The van der Waals surface area contributed by atoms with Crippen molar-refractivity contribution in [1.82, 2.24) is 5.32 Å². The van der Waals surface area contributed by atoms with Gasteiger partial charge in [-0.3, -0.25) is 9.59 Å². The summed E-state index contributed by atoms with van der Waals surface area (Å²) in [7, 11) is 0. The second-order valence-electron chi connectivity index (χ2n) is 5.89. The van der Waals surface area contributed by atoms with Gasteiger partial charge in [0, 0.05) is 10.2 Å². The Hall–Kier alpha value is -2.34. The lowest BCUT2D eigenvalue weighted by Gasteiger charge is -2.22. The maximum atomic E-state index is 12.5. The molecule has 0 aromatic heterocycles. The van der Waals surface area contributed by atoms with Gasteiger partial charge in [0.25, 0.3) is 5.91 Å². The Balaban J connectivity index is 1.92. The minimum Gasteiger partial charge on any atom is -0.484 e. The van der Waals surface area contributed by atoms with Crippen LogP contribution in [0.15, 0.2) is 59.1 Å². The van der Waals surface area contributed by atoms with Crippen LogP contribution in [0.5, 0.6) is 5.75 Å². The van der Waals surface area contributed by atoms with Gasteiger partial charge in [-0.05, 0) is 36.2 Å². The molecule has 0 aliphatic rings. The number of carbonyl (C=O) groups is 2. The lowest BCUT2D eigenvalue weighted by Crippen LogP contribution is -2.48. The van der Waals surface area contributed by atoms with Crippen molar-refractivity contribution in [3.05, 3.63) is 59.1 Å². The van der Waals surface area contributed by atoms with E-state index in [1.54, 1.807) is 24.3 Å². The summed E-state index contributed by atoms with van der Waals surface area (Å²) in [6, 6.07) is 15.7. The van der Waals surface area contributed by atoms with Crippen molar-refractivity contribution in [3.8, 4) is 5.75 Å². The first-order valence-electron chi connectivity index (χ1n) is 7.99. The topological polar surface area (TPSA) is 67.4 Å². The Morgan fingerprint density at radius 1 is 1.08 bits per heavy atom. The lowest BCUT2D eigenvalue weighted by molar-refractivity contribution is -0.128. The first-order valence-corrected chi connectivity index (χ1v) is 8.78. The fraction of sp³-hybridized carbons (Fsp3) is 0.263. The van der Waals surface area contributed by atoms with Crippen molar-refractivity contribution >= 4 is 33.4 Å². The molecule has 0 unspecified atom stereocenters. The zero-order valence-electron chi connectivity index (χ0n) is 14.2. The van der Waals surface area contributed by atoms with E-state index in [9.17, 15) is 9.59 Å². The van der Waals surface area contributed by atoms with Crippen LogP contribution in [0.25, 0.3) is 0 Å². The van der Waals surface area contributed by atoms with Crippen molar-refractivity contribution in [1.29, 1.82) is 0 Å². The van der Waals surface area contributed by atoms with E-state index >= 15 is 0 Å². The van der Waals surface area contributed by atoms with E-state index in [1.807, 2.05) is 44.2 Å². The summed E-state index contributed by atoms with van der Waals surface area (Å²) in [6.07, 6.45) is 0. The highest BCUT2D eigenvalue weighted by molar-refractivity contribution is 9.10. The van der Waals surface area contributed by atoms with Crippen molar-refractivity contribution in [2.24, 2.45) is 5.92 Å². The van der Waals surface area contributed by atoms with E-state index in [0.29, 0.717) is 11.4 Å². The second kappa shape index (κ2) is 9.22. The molecule has 2 aromatic carbocycles. The molecule has 2 N–H and O–H groups in total. The van der Waals surface area contributed by atoms with E-state index in [-0.39, 0.29) is 24.3 Å². The maximum absolute atomic E-state index is 12.5. The average Bonchev–Trinajstić information content (AvgIpc) is 2.58. The number of halogens is 1. The van der Waals surface area contributed by atoms with Gasteiger partial charge < -0.3 is 15.4 Å². The van der Waals surface area contributed by atoms with Gasteiger partial charge in [-0.2, -0.15) is 0 Å². The molecule has 0 heterocycles. The van der Waals surface area contributed by atoms with Gasteiger partial charge in [-0.15, -0.1) is 0 Å². The molecule has 5 nitrogen and oxygen atoms in total. The predicted octanol–water partition coefficient (Wildman–Crippen LogP) is 3.61. The number of nitrogens with one attached hydrogen (secondary N) is 2. The van der Waals surface area contributed by atoms with Gasteiger partial charge in [-0.25, -0.2) is 0 Å². The van der Waals surface area contributed by atoms with Gasteiger partial charge in [-0.1, -0.05) is 54.0 Å². The number of carbonyl (C=O) groups excluding carboxylic acids is 2. The third-order valence-corrected chi connectivity index (χ3v) is 3.96. The number of amides is 2. The van der Waals surface area contributed by atoms with Crippen molar-refractivity contribution in [3.63, 3.8) is 0 Å². The Morgan fingerprint density at radius 2 is 1.80 bits per heavy atom. The van der Waals surface area contributed by atoms with Gasteiger partial charge in [0.1, 0.15) is 11.8 Å². The molecule has 132 valence electrons. The first-order chi connectivity index (χ1) is 12.0. The van der Waals surface area contributed by atoms with Gasteiger partial charge in [0.15, 0.2) is 6.61 Å². The number of benzene rings is 2. The highest BCUT2D eigenvalue weighted by Gasteiger charge is 2.24. The minimum absolute atomic E-state index is 0.0622. The molecule has 2 amide bonds. The van der Waals surface area contributed by atoms with Crippen molar-refractivity contribution in [2.45, 2.75) is 19.9 Å². The quantitative estimate of drug-likeness (QED) is 0.740. The summed E-state index contributed by atoms with van der Waals surface area (Å²) in [5.41, 5.74) is 0.666. The highest BCUT2D eigenvalue weighted by atomic mass is 79.9. The van der Waals surface area contributed by atoms with Crippen LogP contribution < -0.4 is 15.4 Å². The summed E-state index contributed by atoms with van der Waals surface area (Å²) in [6.45, 7) is 3.62. The molecule has 25 heavy (non-hydrogen) atoms. The van der Waals surface area contributed by atoms with Crippen LogP contribution >= 0.6 is 15.9 Å². The number of rotatable bonds is 7. The van der Waals surface area contributed by atoms with Crippen LogP contribution in [0.2, 0.25) is 0 Å². The number of ether oxygens (including phenoxy) is 1. The molecule has 0 saturated heterocycles. The third-order valence-electron chi connectivity index (χ3n) is 3.47.